The van der Waals surface area contributed by atoms with Gasteiger partial charge in [-0.15, -0.1) is 0 Å². The molecule has 0 radical (unpaired) electrons. The van der Waals surface area contributed by atoms with Gasteiger partial charge in [-0.2, -0.15) is 0 Å². The lowest BCUT2D eigenvalue weighted by atomic mass is 10.2. The smallest absolute Gasteiger partial charge is 0.163 e. The van der Waals surface area contributed by atoms with Gasteiger partial charge in [-0.25, -0.2) is 0 Å². The van der Waals surface area contributed by atoms with E-state index in [2.05, 4.69) is 12.2 Å². The third-order valence-corrected chi connectivity index (χ3v) is 3.40. The maximum absolute atomic E-state index is 5.78. The summed E-state index contributed by atoms with van der Waals surface area (Å²) >= 11 is 0. The van der Waals surface area contributed by atoms with Gasteiger partial charge in [-0.3, -0.25) is 0 Å². The van der Waals surface area contributed by atoms with Gasteiger partial charge in [0.1, 0.15) is 13.2 Å². The van der Waals surface area contributed by atoms with Crippen molar-refractivity contribution >= 4 is 5.69 Å². The van der Waals surface area contributed by atoms with Crippen LogP contribution in [0.2, 0.25) is 0 Å². The van der Waals surface area contributed by atoms with E-state index in [1.807, 2.05) is 18.2 Å². The lowest BCUT2D eigenvalue weighted by Gasteiger charge is -2.20. The Morgan fingerprint density at radius 3 is 2.78 bits per heavy atom. The van der Waals surface area contributed by atoms with Crippen molar-refractivity contribution in [3.05, 3.63) is 18.2 Å². The molecule has 0 saturated carbocycles. The highest BCUT2D eigenvalue weighted by atomic mass is 16.6. The van der Waals surface area contributed by atoms with E-state index in [1.165, 1.54) is 0 Å². The fourth-order valence-electron chi connectivity index (χ4n) is 2.42. The summed E-state index contributed by atoms with van der Waals surface area (Å²) in [5.41, 5.74) is 1.06. The van der Waals surface area contributed by atoms with Crippen LogP contribution in [0.25, 0.3) is 0 Å². The van der Waals surface area contributed by atoms with Gasteiger partial charge in [-0.1, -0.05) is 0 Å². The number of fused-ring (bicyclic) bond motifs is 1. The Hall–Kier alpha value is -1.42. The summed E-state index contributed by atoms with van der Waals surface area (Å²) in [4.78, 5) is 0. The minimum absolute atomic E-state index is 0.327. The predicted octanol–water partition coefficient (Wildman–Crippen LogP) is 2.44. The lowest BCUT2D eigenvalue weighted by molar-refractivity contribution is 0.0637. The first-order valence-corrected chi connectivity index (χ1v) is 6.60. The van der Waals surface area contributed by atoms with Crippen LogP contribution >= 0.6 is 0 Å². The summed E-state index contributed by atoms with van der Waals surface area (Å²) in [5, 5.41) is 3.40. The van der Waals surface area contributed by atoms with Crippen molar-refractivity contribution in [3.63, 3.8) is 0 Å². The van der Waals surface area contributed by atoms with Crippen molar-refractivity contribution in [2.24, 2.45) is 0 Å². The summed E-state index contributed by atoms with van der Waals surface area (Å²) < 4.78 is 16.8. The van der Waals surface area contributed by atoms with E-state index < -0.39 is 0 Å². The number of ether oxygens (including phenoxy) is 3. The zero-order chi connectivity index (χ0) is 12.4. The van der Waals surface area contributed by atoms with Crippen molar-refractivity contribution in [3.8, 4) is 11.5 Å². The van der Waals surface area contributed by atoms with E-state index in [9.17, 15) is 0 Å². The molecule has 18 heavy (non-hydrogen) atoms. The van der Waals surface area contributed by atoms with Gasteiger partial charge >= 0.3 is 0 Å². The monoisotopic (exact) mass is 249 g/mol. The topological polar surface area (TPSA) is 39.7 Å². The van der Waals surface area contributed by atoms with E-state index in [0.29, 0.717) is 25.4 Å². The first-order valence-electron chi connectivity index (χ1n) is 6.60. The molecule has 4 heteroatoms. The van der Waals surface area contributed by atoms with Gasteiger partial charge in [0, 0.05) is 18.3 Å². The molecule has 1 aromatic carbocycles. The Morgan fingerprint density at radius 1 is 1.17 bits per heavy atom. The molecular weight excluding hydrogens is 230 g/mol. The molecule has 2 heterocycles. The SMILES string of the molecule is CC1CCC(CNc2ccc3c(c2)OCCO3)O1. The summed E-state index contributed by atoms with van der Waals surface area (Å²) in [6, 6.07) is 5.97. The first kappa shape index (κ1) is 11.7. The van der Waals surface area contributed by atoms with Crippen LogP contribution in [-0.4, -0.2) is 32.0 Å². The highest BCUT2D eigenvalue weighted by Crippen LogP contribution is 2.32. The summed E-state index contributed by atoms with van der Waals surface area (Å²) in [5.74, 6) is 1.66. The Balaban J connectivity index is 1.59. The van der Waals surface area contributed by atoms with Crippen LogP contribution < -0.4 is 14.8 Å². The maximum Gasteiger partial charge on any atom is 0.163 e. The molecule has 3 rings (SSSR count). The zero-order valence-electron chi connectivity index (χ0n) is 10.6. The summed E-state index contributed by atoms with van der Waals surface area (Å²) in [6.07, 6.45) is 3.02. The van der Waals surface area contributed by atoms with Gasteiger partial charge in [0.15, 0.2) is 11.5 Å². The van der Waals surface area contributed by atoms with Crippen molar-refractivity contribution in [1.82, 2.24) is 0 Å². The molecule has 0 amide bonds. The number of anilines is 1. The zero-order valence-corrected chi connectivity index (χ0v) is 10.6. The van der Waals surface area contributed by atoms with E-state index in [-0.39, 0.29) is 0 Å². The molecule has 2 atom stereocenters. The Labute approximate surface area is 107 Å². The molecule has 1 N–H and O–H groups in total. The molecule has 0 spiro atoms. The molecule has 2 aliphatic heterocycles. The molecule has 1 saturated heterocycles. The minimum atomic E-state index is 0.327. The second-order valence-electron chi connectivity index (χ2n) is 4.89. The maximum atomic E-state index is 5.78. The molecule has 2 unspecified atom stereocenters. The highest BCUT2D eigenvalue weighted by molar-refractivity contribution is 5.55. The molecular formula is C14H19NO3. The van der Waals surface area contributed by atoms with Gasteiger partial charge in [0.2, 0.25) is 0 Å². The molecule has 2 aliphatic rings. The van der Waals surface area contributed by atoms with Gasteiger partial charge in [-0.05, 0) is 31.9 Å². The Kier molecular flexibility index (Phi) is 3.28. The Bertz CT molecular complexity index is 422. The van der Waals surface area contributed by atoms with Crippen LogP contribution in [0.4, 0.5) is 5.69 Å². The molecule has 1 fully saturated rings. The number of hydrogen-bond acceptors (Lipinski definition) is 4. The predicted molar refractivity (Wildman–Crippen MR) is 69.5 cm³/mol. The largest absolute Gasteiger partial charge is 0.486 e. The van der Waals surface area contributed by atoms with E-state index in [4.69, 9.17) is 14.2 Å². The van der Waals surface area contributed by atoms with Crippen molar-refractivity contribution < 1.29 is 14.2 Å². The molecule has 98 valence electrons. The lowest BCUT2D eigenvalue weighted by Crippen LogP contribution is -2.20. The van der Waals surface area contributed by atoms with Crippen LogP contribution in [0.15, 0.2) is 18.2 Å². The molecule has 1 aromatic rings. The highest BCUT2D eigenvalue weighted by Gasteiger charge is 2.21. The third-order valence-electron chi connectivity index (χ3n) is 3.40. The summed E-state index contributed by atoms with van der Waals surface area (Å²) in [6.45, 7) is 4.24. The fourth-order valence-corrected chi connectivity index (χ4v) is 2.42. The average Bonchev–Trinajstić information content (AvgIpc) is 2.82. The summed E-state index contributed by atoms with van der Waals surface area (Å²) in [7, 11) is 0. The molecule has 0 aliphatic carbocycles. The molecule has 4 nitrogen and oxygen atoms in total. The van der Waals surface area contributed by atoms with E-state index >= 15 is 0 Å². The van der Waals surface area contributed by atoms with Crippen LogP contribution in [0, 0.1) is 0 Å². The Morgan fingerprint density at radius 2 is 2.00 bits per heavy atom. The van der Waals surface area contributed by atoms with Crippen LogP contribution in [0.1, 0.15) is 19.8 Å². The standard InChI is InChI=1S/C14H19NO3/c1-10-2-4-12(18-10)9-15-11-3-5-13-14(8-11)17-7-6-16-13/h3,5,8,10,12,15H,2,4,6-7,9H2,1H3. The quantitative estimate of drug-likeness (QED) is 0.893. The van der Waals surface area contributed by atoms with Gasteiger partial charge < -0.3 is 19.5 Å². The van der Waals surface area contributed by atoms with Crippen LogP contribution in [0.3, 0.4) is 0 Å². The number of hydrogen-bond donors (Lipinski definition) is 1. The number of nitrogens with one attached hydrogen (secondary N) is 1. The van der Waals surface area contributed by atoms with E-state index in [0.717, 1.165) is 36.6 Å². The first-order chi connectivity index (χ1) is 8.81. The number of benzene rings is 1. The van der Waals surface area contributed by atoms with Gasteiger partial charge in [0.05, 0.1) is 12.2 Å². The van der Waals surface area contributed by atoms with E-state index in [1.54, 1.807) is 0 Å². The van der Waals surface area contributed by atoms with Gasteiger partial charge in [0.25, 0.3) is 0 Å². The van der Waals surface area contributed by atoms with Crippen molar-refractivity contribution in [2.75, 3.05) is 25.1 Å². The fraction of sp³-hybridized carbons (Fsp3) is 0.571. The normalized spacial score (nSPS) is 26.1. The second kappa shape index (κ2) is 5.06. The van der Waals surface area contributed by atoms with Crippen molar-refractivity contribution in [2.45, 2.75) is 32.0 Å². The van der Waals surface area contributed by atoms with Crippen LogP contribution in [0.5, 0.6) is 11.5 Å². The van der Waals surface area contributed by atoms with Crippen molar-refractivity contribution in [1.29, 1.82) is 0 Å². The second-order valence-corrected chi connectivity index (χ2v) is 4.89. The minimum Gasteiger partial charge on any atom is -0.486 e. The average molecular weight is 249 g/mol. The third kappa shape index (κ3) is 2.53. The van der Waals surface area contributed by atoms with Crippen LogP contribution in [-0.2, 0) is 4.74 Å². The molecule has 0 bridgehead atoms. The molecule has 0 aromatic heterocycles. The number of rotatable bonds is 3.